The largest absolute Gasteiger partial charge is 0.463 e. The van der Waals surface area contributed by atoms with Gasteiger partial charge in [-0.25, -0.2) is 4.68 Å². The Bertz CT molecular complexity index is 1200. The lowest BCUT2D eigenvalue weighted by atomic mass is 9.84. The molecule has 0 saturated carbocycles. The Morgan fingerprint density at radius 1 is 1.30 bits per heavy atom. The summed E-state index contributed by atoms with van der Waals surface area (Å²) in [6.07, 6.45) is 1.48. The molecule has 1 saturated heterocycles. The van der Waals surface area contributed by atoms with Gasteiger partial charge < -0.3 is 14.5 Å². The number of nitrogens with one attached hydrogen (secondary N) is 1. The van der Waals surface area contributed by atoms with Crippen LogP contribution in [0, 0.1) is 11.8 Å². The summed E-state index contributed by atoms with van der Waals surface area (Å²) < 4.78 is 13.5. The fourth-order valence-corrected chi connectivity index (χ4v) is 6.03. The summed E-state index contributed by atoms with van der Waals surface area (Å²) in [7, 11) is 0. The first-order chi connectivity index (χ1) is 15.7. The molecule has 1 aromatic carbocycles. The Morgan fingerprint density at radius 2 is 2.09 bits per heavy atom. The summed E-state index contributed by atoms with van der Waals surface area (Å²) in [4.78, 5) is 26.5. The molecule has 1 fully saturated rings. The number of carbonyl (C=O) groups is 1. The number of aromatic nitrogens is 4. The highest BCUT2D eigenvalue weighted by molar-refractivity contribution is 7.99. The first kappa shape index (κ1) is 24.3. The number of thiazole rings is 1. The molecule has 3 aromatic rings. The van der Waals surface area contributed by atoms with Crippen molar-refractivity contribution in [2.24, 2.45) is 11.8 Å². The lowest BCUT2D eigenvalue weighted by molar-refractivity contribution is -0.156. The average Bonchev–Trinajstić information content (AvgIpc) is 3.41. The van der Waals surface area contributed by atoms with Crippen LogP contribution < -0.4 is 4.87 Å². The molecular weight excluding hydrogens is 507 g/mol. The third-order valence-electron chi connectivity index (χ3n) is 5.61. The third-order valence-corrected chi connectivity index (χ3v) is 8.32. The van der Waals surface area contributed by atoms with Crippen molar-refractivity contribution in [3.05, 3.63) is 49.5 Å². The number of nitrogens with zero attached hydrogens (tertiary/aromatic N) is 3. The smallest absolute Gasteiger partial charge is 0.304 e. The van der Waals surface area contributed by atoms with Gasteiger partial charge in [0.2, 0.25) is 0 Å². The topological polar surface area (TPSA) is 99.1 Å². The first-order valence-corrected chi connectivity index (χ1v) is 12.7. The summed E-state index contributed by atoms with van der Waals surface area (Å²) in [5, 5.41) is 11.3. The van der Waals surface area contributed by atoms with Crippen LogP contribution in [0.3, 0.4) is 0 Å². The first-order valence-electron chi connectivity index (χ1n) is 10.2. The van der Waals surface area contributed by atoms with Gasteiger partial charge in [-0.2, -0.15) is 0 Å². The minimum atomic E-state index is -0.362. The van der Waals surface area contributed by atoms with Crippen molar-refractivity contribution in [1.29, 1.82) is 0 Å². The number of aromatic amines is 1. The predicted octanol–water partition coefficient (Wildman–Crippen LogP) is 4.90. The van der Waals surface area contributed by atoms with E-state index in [4.69, 9.17) is 32.7 Å². The van der Waals surface area contributed by atoms with Crippen LogP contribution in [-0.2, 0) is 14.3 Å². The van der Waals surface area contributed by atoms with E-state index in [-0.39, 0.29) is 46.9 Å². The van der Waals surface area contributed by atoms with Crippen LogP contribution in [0.2, 0.25) is 10.0 Å². The second kappa shape index (κ2) is 10.2. The van der Waals surface area contributed by atoms with Crippen LogP contribution in [0.25, 0.3) is 11.4 Å². The van der Waals surface area contributed by atoms with Crippen molar-refractivity contribution in [3.8, 4) is 11.4 Å². The molecule has 2 unspecified atom stereocenters. The number of hydrogen-bond donors (Lipinski definition) is 1. The average molecular weight is 529 g/mol. The molecule has 0 radical (unpaired) electrons. The molecule has 176 valence electrons. The predicted molar refractivity (Wildman–Crippen MR) is 129 cm³/mol. The van der Waals surface area contributed by atoms with Crippen LogP contribution in [0.15, 0.2) is 39.5 Å². The number of hydrogen-bond acceptors (Lipinski definition) is 8. The number of benzene rings is 1. The fraction of sp³-hybridized carbons (Fsp3) is 0.429. The summed E-state index contributed by atoms with van der Waals surface area (Å²) in [5.74, 6) is -0.371. The van der Waals surface area contributed by atoms with Gasteiger partial charge in [0, 0.05) is 29.0 Å². The van der Waals surface area contributed by atoms with Crippen molar-refractivity contribution < 1.29 is 14.3 Å². The number of ether oxygens (including phenoxy) is 2. The summed E-state index contributed by atoms with van der Waals surface area (Å²) in [5.41, 5.74) is 0.948. The van der Waals surface area contributed by atoms with Crippen LogP contribution in [-0.4, -0.2) is 44.1 Å². The van der Waals surface area contributed by atoms with E-state index in [1.54, 1.807) is 17.5 Å². The van der Waals surface area contributed by atoms with Gasteiger partial charge in [0.15, 0.2) is 0 Å². The minimum absolute atomic E-state index is 0.0177. The zero-order chi connectivity index (χ0) is 23.7. The van der Waals surface area contributed by atoms with Crippen molar-refractivity contribution in [3.63, 3.8) is 0 Å². The Kier molecular flexibility index (Phi) is 7.49. The summed E-state index contributed by atoms with van der Waals surface area (Å²) in [6.45, 7) is 5.65. The number of rotatable bonds is 6. The van der Waals surface area contributed by atoms with E-state index in [1.165, 1.54) is 18.7 Å². The molecule has 5 atom stereocenters. The number of thioether (sulfide) groups is 1. The molecule has 12 heteroatoms. The Labute approximate surface area is 208 Å². The zero-order valence-corrected chi connectivity index (χ0v) is 21.2. The van der Waals surface area contributed by atoms with E-state index < -0.39 is 0 Å². The van der Waals surface area contributed by atoms with Crippen LogP contribution in [0.4, 0.5) is 0 Å². The van der Waals surface area contributed by atoms with Crippen LogP contribution >= 0.6 is 46.3 Å². The molecule has 33 heavy (non-hydrogen) atoms. The van der Waals surface area contributed by atoms with E-state index in [1.807, 2.05) is 23.9 Å². The monoisotopic (exact) mass is 528 g/mol. The van der Waals surface area contributed by atoms with E-state index in [2.05, 4.69) is 22.2 Å². The molecule has 1 aliphatic rings. The second-order valence-electron chi connectivity index (χ2n) is 7.89. The molecule has 0 amide bonds. The molecular formula is C21H22Cl2N4O4S2. The highest BCUT2D eigenvalue weighted by atomic mass is 35.5. The number of halogens is 2. The Balaban J connectivity index is 1.63. The standard InChI is InChI=1S/C21H22Cl2N4O4S2/c1-10-18(8-30-12(3)28)31-20(33-13-4-5-14(22)15(23)6-13)11(2)19(10)27-7-16(25-26-27)17-9-32-21(29)24-17/h4-7,9-11,18-20H,8H2,1-3H3,(H,24,29)/t10-,11?,18?,19-,20+/m0/s1. The lowest BCUT2D eigenvalue weighted by Gasteiger charge is -2.44. The molecule has 8 nitrogen and oxygen atoms in total. The highest BCUT2D eigenvalue weighted by Crippen LogP contribution is 2.45. The van der Waals surface area contributed by atoms with Gasteiger partial charge in [-0.1, -0.05) is 65.4 Å². The van der Waals surface area contributed by atoms with Gasteiger partial charge in [0.1, 0.15) is 17.7 Å². The molecule has 4 rings (SSSR count). The van der Waals surface area contributed by atoms with E-state index >= 15 is 0 Å². The zero-order valence-electron chi connectivity index (χ0n) is 18.0. The van der Waals surface area contributed by atoms with Crippen molar-refractivity contribution in [2.75, 3.05) is 6.61 Å². The van der Waals surface area contributed by atoms with Gasteiger partial charge in [-0.15, -0.1) is 5.10 Å². The van der Waals surface area contributed by atoms with E-state index in [9.17, 15) is 9.59 Å². The van der Waals surface area contributed by atoms with E-state index in [0.29, 0.717) is 21.4 Å². The van der Waals surface area contributed by atoms with Gasteiger partial charge in [0.25, 0.3) is 0 Å². The third kappa shape index (κ3) is 5.46. The lowest BCUT2D eigenvalue weighted by Crippen LogP contribution is -2.47. The maximum Gasteiger partial charge on any atom is 0.304 e. The molecule has 2 aromatic heterocycles. The summed E-state index contributed by atoms with van der Waals surface area (Å²) >= 11 is 14.9. The van der Waals surface area contributed by atoms with Gasteiger partial charge >= 0.3 is 10.8 Å². The quantitative estimate of drug-likeness (QED) is 0.454. The fourth-order valence-electron chi connectivity index (χ4n) is 3.92. The normalized spacial score (nSPS) is 25.2. The van der Waals surface area contributed by atoms with Crippen molar-refractivity contribution >= 4 is 52.3 Å². The van der Waals surface area contributed by atoms with Crippen LogP contribution in [0.1, 0.15) is 26.8 Å². The molecule has 0 bridgehead atoms. The maximum absolute atomic E-state index is 11.5. The summed E-state index contributed by atoms with van der Waals surface area (Å²) in [6, 6.07) is 5.36. The second-order valence-corrected chi connectivity index (χ2v) is 10.7. The Hall–Kier alpha value is -1.85. The maximum atomic E-state index is 11.5. The van der Waals surface area contributed by atoms with Gasteiger partial charge in [-0.3, -0.25) is 9.59 Å². The molecule has 0 spiro atoms. The minimum Gasteiger partial charge on any atom is -0.463 e. The molecule has 0 aliphatic carbocycles. The van der Waals surface area contributed by atoms with E-state index in [0.717, 1.165) is 16.2 Å². The van der Waals surface area contributed by atoms with Crippen LogP contribution in [0.5, 0.6) is 0 Å². The number of esters is 1. The van der Waals surface area contributed by atoms with Gasteiger partial charge in [-0.05, 0) is 18.2 Å². The number of carbonyl (C=O) groups excluding carboxylic acids is 1. The van der Waals surface area contributed by atoms with Crippen molar-refractivity contribution in [1.82, 2.24) is 20.0 Å². The highest BCUT2D eigenvalue weighted by Gasteiger charge is 2.44. The molecule has 1 aliphatic heterocycles. The molecule has 3 heterocycles. The molecule has 1 N–H and O–H groups in total. The van der Waals surface area contributed by atoms with Crippen molar-refractivity contribution in [2.45, 2.75) is 43.2 Å². The Morgan fingerprint density at radius 3 is 2.76 bits per heavy atom. The SMILES string of the molecule is CC(=O)OCC1O[C@H](Sc2ccc(Cl)c(Cl)c2)C(C)[C@@H](n2cc(-c3csc(=O)[nH]3)nn2)[C@H]1C. The number of H-pyrrole nitrogens is 1. The van der Waals surface area contributed by atoms with Gasteiger partial charge in [0.05, 0.1) is 34.1 Å².